The van der Waals surface area contributed by atoms with Crippen LogP contribution in [0.1, 0.15) is 15.9 Å². The summed E-state index contributed by atoms with van der Waals surface area (Å²) in [6.45, 7) is 0. The van der Waals surface area contributed by atoms with Gasteiger partial charge in [-0.05, 0) is 42.0 Å². The van der Waals surface area contributed by atoms with Crippen LogP contribution in [0.25, 0.3) is 16.6 Å². The van der Waals surface area contributed by atoms with Gasteiger partial charge in [0.15, 0.2) is 5.60 Å². The minimum absolute atomic E-state index is 0.124. The molecule has 0 aliphatic carbocycles. The first-order chi connectivity index (χ1) is 15.2. The van der Waals surface area contributed by atoms with Crippen LogP contribution in [0.5, 0.6) is 0 Å². The van der Waals surface area contributed by atoms with Crippen molar-refractivity contribution < 1.29 is 28.2 Å². The van der Waals surface area contributed by atoms with Gasteiger partial charge in [-0.3, -0.25) is 0 Å². The van der Waals surface area contributed by atoms with Crippen LogP contribution in [0, 0.1) is 0 Å². The molecule has 0 spiro atoms. The number of halogens is 3. The third-order valence-electron chi connectivity index (χ3n) is 5.07. The lowest BCUT2D eigenvalue weighted by atomic mass is 9.94. The molecule has 164 valence electrons. The van der Waals surface area contributed by atoms with Gasteiger partial charge in [0.2, 0.25) is 0 Å². The third-order valence-corrected chi connectivity index (χ3v) is 6.30. The summed E-state index contributed by atoms with van der Waals surface area (Å²) in [4.78, 5) is 11.5. The molecule has 0 radical (unpaired) electrons. The van der Waals surface area contributed by atoms with Crippen LogP contribution in [0.4, 0.5) is 13.2 Å². The van der Waals surface area contributed by atoms with E-state index in [1.807, 2.05) is 30.3 Å². The van der Waals surface area contributed by atoms with Crippen molar-refractivity contribution in [1.29, 1.82) is 0 Å². The SMILES string of the molecule is O=C(O)c1ccccc1SCC(O)(c1ccc2c(cnn2-c2ccccc2)c1)C(F)(F)F. The number of thioether (sulfide) groups is 1. The van der Waals surface area contributed by atoms with Gasteiger partial charge >= 0.3 is 12.1 Å². The number of hydrogen-bond donors (Lipinski definition) is 2. The zero-order valence-electron chi connectivity index (χ0n) is 16.5. The Balaban J connectivity index is 1.71. The number of para-hydroxylation sites is 1. The van der Waals surface area contributed by atoms with Crippen LogP contribution in [-0.4, -0.2) is 37.9 Å². The van der Waals surface area contributed by atoms with E-state index in [1.165, 1.54) is 48.7 Å². The molecule has 9 heteroatoms. The summed E-state index contributed by atoms with van der Waals surface area (Å²) in [6.07, 6.45) is -3.54. The Bertz CT molecular complexity index is 1270. The fourth-order valence-corrected chi connectivity index (χ4v) is 4.53. The monoisotopic (exact) mass is 458 g/mol. The second-order valence-corrected chi connectivity index (χ2v) is 8.13. The number of aliphatic hydroxyl groups is 1. The van der Waals surface area contributed by atoms with Gasteiger partial charge in [-0.1, -0.05) is 36.4 Å². The third kappa shape index (κ3) is 3.96. The first-order valence-electron chi connectivity index (χ1n) is 9.48. The van der Waals surface area contributed by atoms with Gasteiger partial charge in [-0.2, -0.15) is 18.3 Å². The zero-order chi connectivity index (χ0) is 22.9. The lowest BCUT2D eigenvalue weighted by Gasteiger charge is -2.31. The second kappa shape index (κ2) is 8.33. The van der Waals surface area contributed by atoms with Crippen molar-refractivity contribution in [3.8, 4) is 5.69 Å². The van der Waals surface area contributed by atoms with Gasteiger partial charge in [0.05, 0.1) is 23.0 Å². The minimum atomic E-state index is -4.98. The van der Waals surface area contributed by atoms with Crippen LogP contribution >= 0.6 is 11.8 Å². The standard InChI is InChI=1S/C23H17F3N2O3S/c24-23(25,26)22(31,14-32-20-9-5-4-8-18(20)21(29)30)16-10-11-19-15(12-16)13-27-28(19)17-6-2-1-3-7-17/h1-13,31H,14H2,(H,29,30). The van der Waals surface area contributed by atoms with Crippen molar-refractivity contribution in [3.05, 3.63) is 90.1 Å². The molecule has 5 nitrogen and oxygen atoms in total. The Morgan fingerprint density at radius 2 is 1.69 bits per heavy atom. The summed E-state index contributed by atoms with van der Waals surface area (Å²) >= 11 is 0.640. The molecule has 4 aromatic rings. The first-order valence-corrected chi connectivity index (χ1v) is 10.5. The van der Waals surface area contributed by atoms with Crippen molar-refractivity contribution in [2.24, 2.45) is 0 Å². The number of carbonyl (C=O) groups is 1. The number of nitrogens with zero attached hydrogens (tertiary/aromatic N) is 2. The highest BCUT2D eigenvalue weighted by molar-refractivity contribution is 7.99. The molecule has 0 aliphatic rings. The maximum absolute atomic E-state index is 14.0. The molecule has 0 saturated carbocycles. The van der Waals surface area contributed by atoms with Crippen molar-refractivity contribution in [3.63, 3.8) is 0 Å². The molecule has 1 aromatic heterocycles. The summed E-state index contributed by atoms with van der Waals surface area (Å²) < 4.78 is 43.7. The van der Waals surface area contributed by atoms with E-state index in [0.717, 1.165) is 5.69 Å². The number of aromatic carboxylic acids is 1. The topological polar surface area (TPSA) is 75.3 Å². The van der Waals surface area contributed by atoms with E-state index in [9.17, 15) is 28.2 Å². The van der Waals surface area contributed by atoms with Gasteiger partial charge in [0.25, 0.3) is 0 Å². The van der Waals surface area contributed by atoms with Gasteiger partial charge in [-0.15, -0.1) is 11.8 Å². The van der Waals surface area contributed by atoms with E-state index < -0.39 is 23.5 Å². The van der Waals surface area contributed by atoms with E-state index in [2.05, 4.69) is 5.10 Å². The molecule has 1 atom stereocenters. The summed E-state index contributed by atoms with van der Waals surface area (Å²) in [6, 6.07) is 18.9. The van der Waals surface area contributed by atoms with Gasteiger partial charge in [0, 0.05) is 16.0 Å². The minimum Gasteiger partial charge on any atom is -0.478 e. The van der Waals surface area contributed by atoms with Crippen LogP contribution in [0.15, 0.2) is 83.9 Å². The molecule has 1 heterocycles. The van der Waals surface area contributed by atoms with E-state index in [0.29, 0.717) is 22.7 Å². The molecule has 0 fully saturated rings. The fraction of sp³-hybridized carbons (Fsp3) is 0.130. The Hall–Kier alpha value is -3.30. The maximum Gasteiger partial charge on any atom is 0.422 e. The Morgan fingerprint density at radius 3 is 2.38 bits per heavy atom. The summed E-state index contributed by atoms with van der Waals surface area (Å²) in [5, 5.41) is 24.7. The highest BCUT2D eigenvalue weighted by Crippen LogP contribution is 2.43. The highest BCUT2D eigenvalue weighted by Gasteiger charge is 2.55. The molecule has 3 aromatic carbocycles. The number of aromatic nitrogens is 2. The Kier molecular flexibility index (Phi) is 5.70. The quantitative estimate of drug-likeness (QED) is 0.385. The average molecular weight is 458 g/mol. The molecule has 1 unspecified atom stereocenters. The van der Waals surface area contributed by atoms with E-state index >= 15 is 0 Å². The molecule has 0 aliphatic heterocycles. The molecule has 0 saturated heterocycles. The van der Waals surface area contributed by atoms with Gasteiger partial charge in [0.1, 0.15) is 0 Å². The number of hydrogen-bond acceptors (Lipinski definition) is 4. The molecule has 0 amide bonds. The van der Waals surface area contributed by atoms with Crippen LogP contribution in [-0.2, 0) is 5.60 Å². The average Bonchev–Trinajstić information content (AvgIpc) is 3.20. The van der Waals surface area contributed by atoms with E-state index in [-0.39, 0.29) is 16.0 Å². The smallest absolute Gasteiger partial charge is 0.422 e. The van der Waals surface area contributed by atoms with E-state index in [4.69, 9.17) is 0 Å². The summed E-state index contributed by atoms with van der Waals surface area (Å²) in [5.74, 6) is -2.06. The molecule has 4 rings (SSSR count). The summed E-state index contributed by atoms with van der Waals surface area (Å²) in [5.41, 5.74) is -2.31. The van der Waals surface area contributed by atoms with Crippen molar-refractivity contribution in [1.82, 2.24) is 9.78 Å². The number of alkyl halides is 3. The molecule has 32 heavy (non-hydrogen) atoms. The Labute approximate surface area is 185 Å². The van der Waals surface area contributed by atoms with E-state index in [1.54, 1.807) is 4.68 Å². The summed E-state index contributed by atoms with van der Waals surface area (Å²) in [7, 11) is 0. The number of carboxylic acid groups (broad SMARTS) is 1. The first kappa shape index (κ1) is 21.9. The highest BCUT2D eigenvalue weighted by atomic mass is 32.2. The molecule has 2 N–H and O–H groups in total. The molecular weight excluding hydrogens is 441 g/mol. The Morgan fingerprint density at radius 1 is 1.00 bits per heavy atom. The second-order valence-electron chi connectivity index (χ2n) is 7.11. The van der Waals surface area contributed by atoms with Crippen LogP contribution in [0.3, 0.4) is 0 Å². The number of rotatable bonds is 6. The number of fused-ring (bicyclic) bond motifs is 1. The zero-order valence-corrected chi connectivity index (χ0v) is 17.3. The van der Waals surface area contributed by atoms with Crippen LogP contribution < -0.4 is 0 Å². The largest absolute Gasteiger partial charge is 0.478 e. The normalized spacial score (nSPS) is 13.8. The lowest BCUT2D eigenvalue weighted by molar-refractivity contribution is -0.256. The van der Waals surface area contributed by atoms with Crippen molar-refractivity contribution in [2.75, 3.05) is 5.75 Å². The number of benzene rings is 3. The van der Waals surface area contributed by atoms with Gasteiger partial charge < -0.3 is 10.2 Å². The maximum atomic E-state index is 14.0. The molecular formula is C23H17F3N2O3S. The predicted octanol–water partition coefficient (Wildman–Crippen LogP) is 5.27. The molecule has 0 bridgehead atoms. The van der Waals surface area contributed by atoms with Gasteiger partial charge in [-0.25, -0.2) is 9.48 Å². The van der Waals surface area contributed by atoms with Crippen molar-refractivity contribution >= 4 is 28.6 Å². The van der Waals surface area contributed by atoms with Crippen LogP contribution in [0.2, 0.25) is 0 Å². The number of carboxylic acids is 1. The predicted molar refractivity (Wildman–Crippen MR) is 115 cm³/mol. The fourth-order valence-electron chi connectivity index (χ4n) is 3.35. The van der Waals surface area contributed by atoms with Crippen molar-refractivity contribution in [2.45, 2.75) is 16.7 Å². The lowest BCUT2D eigenvalue weighted by Crippen LogP contribution is -2.44.